The summed E-state index contributed by atoms with van der Waals surface area (Å²) in [5, 5.41) is 3.03. The molecule has 0 aromatic heterocycles. The summed E-state index contributed by atoms with van der Waals surface area (Å²) in [4.78, 5) is 10.7. The second-order valence-electron chi connectivity index (χ2n) is 2.85. The van der Waals surface area contributed by atoms with Gasteiger partial charge in [0.2, 0.25) is 0 Å². The summed E-state index contributed by atoms with van der Waals surface area (Å²) in [6, 6.07) is 7.37. The van der Waals surface area contributed by atoms with Crippen LogP contribution in [0.15, 0.2) is 24.3 Å². The van der Waals surface area contributed by atoms with E-state index in [-0.39, 0.29) is 0 Å². The number of rotatable bonds is 1. The lowest BCUT2D eigenvalue weighted by Crippen LogP contribution is -2.38. The van der Waals surface area contributed by atoms with Crippen LogP contribution in [0.4, 0.5) is 5.69 Å². The van der Waals surface area contributed by atoms with Gasteiger partial charge in [-0.25, -0.2) is 0 Å². The van der Waals surface area contributed by atoms with Gasteiger partial charge in [-0.3, -0.25) is 10.5 Å². The Hall–Kier alpha value is -1.71. The zero-order chi connectivity index (χ0) is 9.26. The van der Waals surface area contributed by atoms with Crippen molar-refractivity contribution in [3.05, 3.63) is 24.3 Å². The highest BCUT2D eigenvalue weighted by Crippen LogP contribution is 2.27. The van der Waals surface area contributed by atoms with Gasteiger partial charge in [0, 0.05) is 0 Å². The molecule has 1 aromatic rings. The van der Waals surface area contributed by atoms with E-state index in [0.29, 0.717) is 12.3 Å². The third-order valence-electron chi connectivity index (χ3n) is 1.93. The molecular formula is C9H9N2O2. The van der Waals surface area contributed by atoms with Crippen LogP contribution in [0, 0.1) is 0 Å². The van der Waals surface area contributed by atoms with Crippen LogP contribution in [0.25, 0.3) is 0 Å². The Balaban J connectivity index is 2.24. The number of benzene rings is 1. The summed E-state index contributed by atoms with van der Waals surface area (Å²) in [7, 11) is 0. The summed E-state index contributed by atoms with van der Waals surface area (Å²) in [5.74, 6) is -0.0543. The van der Waals surface area contributed by atoms with E-state index in [2.05, 4.69) is 5.32 Å². The summed E-state index contributed by atoms with van der Waals surface area (Å²) in [6.07, 6.45) is -0.671. The fourth-order valence-corrected chi connectivity index (χ4v) is 1.26. The Kier molecular flexibility index (Phi) is 1.81. The standard InChI is InChI=1S/C9H9N2O2/c10-9(12)8-5-11-6-3-1-2-4-7(6)13-8/h1-4,8,10-11H,5H2. The normalized spacial score (nSPS) is 19.5. The summed E-state index contributed by atoms with van der Waals surface area (Å²) >= 11 is 0. The van der Waals surface area contributed by atoms with E-state index < -0.39 is 12.0 Å². The average molecular weight is 177 g/mol. The first-order valence-electron chi connectivity index (χ1n) is 4.02. The molecule has 2 rings (SSSR count). The predicted octanol–water partition coefficient (Wildman–Crippen LogP) is 0.669. The van der Waals surface area contributed by atoms with Gasteiger partial charge >= 0.3 is 0 Å². The van der Waals surface area contributed by atoms with Crippen LogP contribution < -0.4 is 15.8 Å². The van der Waals surface area contributed by atoms with Crippen molar-refractivity contribution in [2.24, 2.45) is 0 Å². The smallest absolute Gasteiger partial charge is 0.281 e. The number of fused-ring (bicyclic) bond motifs is 1. The van der Waals surface area contributed by atoms with E-state index in [1.54, 1.807) is 6.07 Å². The fourth-order valence-electron chi connectivity index (χ4n) is 1.26. The number of nitrogens with one attached hydrogen (secondary N) is 2. The lowest BCUT2D eigenvalue weighted by atomic mass is 10.2. The Morgan fingerprint density at radius 2 is 2.31 bits per heavy atom. The van der Waals surface area contributed by atoms with Crippen molar-refractivity contribution in [1.82, 2.24) is 5.73 Å². The lowest BCUT2D eigenvalue weighted by molar-refractivity contribution is -0.125. The van der Waals surface area contributed by atoms with Gasteiger partial charge in [-0.1, -0.05) is 12.1 Å². The molecule has 1 unspecified atom stereocenters. The van der Waals surface area contributed by atoms with Gasteiger partial charge in [-0.05, 0) is 12.1 Å². The van der Waals surface area contributed by atoms with E-state index >= 15 is 0 Å². The molecule has 2 N–H and O–H groups in total. The maximum absolute atomic E-state index is 10.7. The molecule has 67 valence electrons. The molecule has 1 heterocycles. The summed E-state index contributed by atoms with van der Waals surface area (Å²) < 4.78 is 5.29. The van der Waals surface area contributed by atoms with Crippen LogP contribution in [0.3, 0.4) is 0 Å². The molecule has 0 aliphatic carbocycles. The molecule has 13 heavy (non-hydrogen) atoms. The molecule has 1 aromatic carbocycles. The van der Waals surface area contributed by atoms with Crippen LogP contribution >= 0.6 is 0 Å². The molecule has 0 bridgehead atoms. The van der Waals surface area contributed by atoms with Crippen molar-refractivity contribution < 1.29 is 9.53 Å². The third kappa shape index (κ3) is 1.42. The minimum Gasteiger partial charge on any atom is -0.476 e. The van der Waals surface area contributed by atoms with Crippen molar-refractivity contribution in [2.75, 3.05) is 11.9 Å². The van der Waals surface area contributed by atoms with Crippen molar-refractivity contribution in [3.8, 4) is 5.75 Å². The average Bonchev–Trinajstić information content (AvgIpc) is 2.17. The van der Waals surface area contributed by atoms with Crippen molar-refractivity contribution in [2.45, 2.75) is 6.10 Å². The molecule has 0 saturated carbocycles. The van der Waals surface area contributed by atoms with Gasteiger partial charge in [0.05, 0.1) is 12.2 Å². The SMILES string of the molecule is [NH]C(=O)C1CNc2ccccc2O1. The van der Waals surface area contributed by atoms with Gasteiger partial charge in [0.15, 0.2) is 6.10 Å². The van der Waals surface area contributed by atoms with Crippen LogP contribution in [-0.4, -0.2) is 18.6 Å². The number of anilines is 1. The quantitative estimate of drug-likeness (QED) is 0.685. The number of carbonyl (C=O) groups excluding carboxylic acids is 1. The maximum atomic E-state index is 10.7. The van der Waals surface area contributed by atoms with Gasteiger partial charge in [0.1, 0.15) is 5.75 Å². The van der Waals surface area contributed by atoms with Crippen LogP contribution in [0.2, 0.25) is 0 Å². The van der Waals surface area contributed by atoms with E-state index in [0.717, 1.165) is 5.69 Å². The molecule has 4 heteroatoms. The first-order chi connectivity index (χ1) is 6.27. The molecule has 1 atom stereocenters. The van der Waals surface area contributed by atoms with E-state index in [1.807, 2.05) is 18.2 Å². The summed E-state index contributed by atoms with van der Waals surface area (Å²) in [5.41, 5.74) is 7.78. The Morgan fingerprint density at radius 1 is 1.54 bits per heavy atom. The molecule has 0 saturated heterocycles. The number of hydrogen-bond donors (Lipinski definition) is 1. The Labute approximate surface area is 75.7 Å². The highest BCUT2D eigenvalue weighted by Gasteiger charge is 2.23. The molecule has 1 amide bonds. The van der Waals surface area contributed by atoms with E-state index in [1.165, 1.54) is 0 Å². The van der Waals surface area contributed by atoms with Gasteiger partial charge in [0.25, 0.3) is 5.91 Å². The van der Waals surface area contributed by atoms with E-state index in [9.17, 15) is 4.79 Å². The molecule has 1 aliphatic rings. The topological polar surface area (TPSA) is 62.1 Å². The zero-order valence-electron chi connectivity index (χ0n) is 6.91. The third-order valence-corrected chi connectivity index (χ3v) is 1.93. The maximum Gasteiger partial charge on any atom is 0.281 e. The molecule has 1 radical (unpaired) electrons. The first kappa shape index (κ1) is 7.91. The molecule has 4 nitrogen and oxygen atoms in total. The number of ether oxygens (including phenoxy) is 1. The first-order valence-corrected chi connectivity index (χ1v) is 4.02. The zero-order valence-corrected chi connectivity index (χ0v) is 6.91. The molecule has 0 fully saturated rings. The second-order valence-corrected chi connectivity index (χ2v) is 2.85. The number of hydrogen-bond acceptors (Lipinski definition) is 3. The molecular weight excluding hydrogens is 168 g/mol. The number of amides is 1. The van der Waals surface area contributed by atoms with Crippen molar-refractivity contribution >= 4 is 11.6 Å². The molecule has 1 aliphatic heterocycles. The largest absolute Gasteiger partial charge is 0.476 e. The van der Waals surface area contributed by atoms with E-state index in [4.69, 9.17) is 10.5 Å². The van der Waals surface area contributed by atoms with Crippen LogP contribution in [-0.2, 0) is 4.79 Å². The molecule has 0 spiro atoms. The van der Waals surface area contributed by atoms with Gasteiger partial charge in [-0.2, -0.15) is 0 Å². The van der Waals surface area contributed by atoms with Crippen LogP contribution in [0.1, 0.15) is 0 Å². The highest BCUT2D eigenvalue weighted by molar-refractivity contribution is 5.80. The van der Waals surface area contributed by atoms with Crippen molar-refractivity contribution in [1.29, 1.82) is 0 Å². The van der Waals surface area contributed by atoms with Gasteiger partial charge in [-0.15, -0.1) is 0 Å². The van der Waals surface area contributed by atoms with Crippen molar-refractivity contribution in [3.63, 3.8) is 0 Å². The lowest BCUT2D eigenvalue weighted by Gasteiger charge is -2.24. The minimum absolute atomic E-state index is 0.374. The van der Waals surface area contributed by atoms with Gasteiger partial charge < -0.3 is 10.1 Å². The number of carbonyl (C=O) groups is 1. The monoisotopic (exact) mass is 177 g/mol. The Morgan fingerprint density at radius 3 is 3.08 bits per heavy atom. The predicted molar refractivity (Wildman–Crippen MR) is 47.5 cm³/mol. The Bertz CT molecular complexity index is 338. The minimum atomic E-state index is -0.693. The highest BCUT2D eigenvalue weighted by atomic mass is 16.5. The second kappa shape index (κ2) is 2.97. The van der Waals surface area contributed by atoms with Crippen LogP contribution in [0.5, 0.6) is 5.75 Å². The summed E-state index contributed by atoms with van der Waals surface area (Å²) in [6.45, 7) is 0.374. The number of para-hydroxylation sites is 2. The fraction of sp³-hybridized carbons (Fsp3) is 0.222.